The summed E-state index contributed by atoms with van der Waals surface area (Å²) in [5.74, 6) is 2.80. The Kier molecular flexibility index (Phi) is 4.54. The second-order valence-electron chi connectivity index (χ2n) is 7.25. The van der Waals surface area contributed by atoms with Crippen LogP contribution in [0.1, 0.15) is 44.6 Å². The summed E-state index contributed by atoms with van der Waals surface area (Å²) in [6.45, 7) is 4.88. The normalized spacial score (nSPS) is 30.5. The third-order valence-electron chi connectivity index (χ3n) is 5.89. The zero-order chi connectivity index (χ0) is 14.7. The topological polar surface area (TPSA) is 21.3 Å². The number of piperidine rings is 1. The molecular weight excluding hydrogens is 258 g/mol. The zero-order valence-electron chi connectivity index (χ0n) is 13.5. The quantitative estimate of drug-likeness (QED) is 0.902. The van der Waals surface area contributed by atoms with Crippen molar-refractivity contribution in [2.75, 3.05) is 20.2 Å². The van der Waals surface area contributed by atoms with Crippen LogP contribution in [0.4, 0.5) is 0 Å². The van der Waals surface area contributed by atoms with Gasteiger partial charge in [0.25, 0.3) is 0 Å². The summed E-state index contributed by atoms with van der Waals surface area (Å²) in [7, 11) is 1.79. The van der Waals surface area contributed by atoms with Gasteiger partial charge in [-0.3, -0.25) is 0 Å². The Bertz CT molecular complexity index is 466. The molecule has 1 heterocycles. The van der Waals surface area contributed by atoms with Gasteiger partial charge >= 0.3 is 0 Å². The van der Waals surface area contributed by atoms with Crippen LogP contribution in [0.15, 0.2) is 24.3 Å². The molecule has 2 unspecified atom stereocenters. The van der Waals surface area contributed by atoms with E-state index < -0.39 is 0 Å². The maximum absolute atomic E-state index is 5.58. The number of hydrogen-bond acceptors (Lipinski definition) is 2. The molecule has 116 valence electrons. The number of hydrogen-bond donors (Lipinski definition) is 1. The van der Waals surface area contributed by atoms with E-state index in [4.69, 9.17) is 4.74 Å². The molecule has 1 aromatic carbocycles. The van der Waals surface area contributed by atoms with Crippen LogP contribution < -0.4 is 10.1 Å². The van der Waals surface area contributed by atoms with Gasteiger partial charge in [-0.25, -0.2) is 0 Å². The first-order valence-electron chi connectivity index (χ1n) is 8.55. The summed E-state index contributed by atoms with van der Waals surface area (Å²) in [5.41, 5.74) is 1.79. The SMILES string of the molecule is COc1ccccc1CC1(C)CCNCC1C1CCCC1. The average molecular weight is 287 g/mol. The van der Waals surface area contributed by atoms with Crippen LogP contribution in [0.2, 0.25) is 0 Å². The maximum Gasteiger partial charge on any atom is 0.122 e. The monoisotopic (exact) mass is 287 g/mol. The third kappa shape index (κ3) is 3.11. The van der Waals surface area contributed by atoms with Crippen molar-refractivity contribution in [3.05, 3.63) is 29.8 Å². The summed E-state index contributed by atoms with van der Waals surface area (Å²) < 4.78 is 5.58. The standard InChI is InChI=1S/C19H29NO/c1-19(13-16-9-5-6-10-18(16)21-2)11-12-20-14-17(19)15-7-3-4-8-15/h5-6,9-10,15,17,20H,3-4,7-8,11-14H2,1-2H3. The molecule has 3 rings (SSSR count). The van der Waals surface area contributed by atoms with Gasteiger partial charge in [-0.05, 0) is 54.8 Å². The van der Waals surface area contributed by atoms with Gasteiger partial charge in [0.2, 0.25) is 0 Å². The van der Waals surface area contributed by atoms with Crippen LogP contribution in [-0.2, 0) is 6.42 Å². The van der Waals surface area contributed by atoms with Crippen LogP contribution in [0, 0.1) is 17.3 Å². The third-order valence-corrected chi connectivity index (χ3v) is 5.89. The molecule has 1 N–H and O–H groups in total. The molecule has 21 heavy (non-hydrogen) atoms. The lowest BCUT2D eigenvalue weighted by Crippen LogP contribution is -2.47. The fraction of sp³-hybridized carbons (Fsp3) is 0.684. The van der Waals surface area contributed by atoms with E-state index in [9.17, 15) is 0 Å². The van der Waals surface area contributed by atoms with Crippen LogP contribution in [0.5, 0.6) is 5.75 Å². The van der Waals surface area contributed by atoms with Crippen molar-refractivity contribution in [3.8, 4) is 5.75 Å². The van der Waals surface area contributed by atoms with Gasteiger partial charge in [0.05, 0.1) is 7.11 Å². The Hall–Kier alpha value is -1.02. The molecule has 2 nitrogen and oxygen atoms in total. The largest absolute Gasteiger partial charge is 0.496 e. The summed E-state index contributed by atoms with van der Waals surface area (Å²) in [4.78, 5) is 0. The number of rotatable bonds is 4. The number of methoxy groups -OCH3 is 1. The molecule has 2 aliphatic rings. The van der Waals surface area contributed by atoms with Gasteiger partial charge in [0.15, 0.2) is 0 Å². The van der Waals surface area contributed by atoms with Crippen LogP contribution in [0.3, 0.4) is 0 Å². The maximum atomic E-state index is 5.58. The second-order valence-corrected chi connectivity index (χ2v) is 7.25. The minimum Gasteiger partial charge on any atom is -0.496 e. The summed E-state index contributed by atoms with van der Waals surface area (Å²) in [6, 6.07) is 8.57. The molecular formula is C19H29NO. The highest BCUT2D eigenvalue weighted by Crippen LogP contribution is 2.46. The van der Waals surface area contributed by atoms with E-state index >= 15 is 0 Å². The van der Waals surface area contributed by atoms with Gasteiger partial charge in [0, 0.05) is 0 Å². The smallest absolute Gasteiger partial charge is 0.122 e. The van der Waals surface area contributed by atoms with E-state index in [0.29, 0.717) is 5.41 Å². The fourth-order valence-electron chi connectivity index (χ4n) is 4.66. The van der Waals surface area contributed by atoms with E-state index in [-0.39, 0.29) is 0 Å². The first kappa shape index (κ1) is 14.9. The lowest BCUT2D eigenvalue weighted by Gasteiger charge is -2.45. The summed E-state index contributed by atoms with van der Waals surface area (Å²) in [5, 5.41) is 3.65. The number of para-hydroxylation sites is 1. The minimum atomic E-state index is 0.412. The van der Waals surface area contributed by atoms with Gasteiger partial charge in [-0.2, -0.15) is 0 Å². The van der Waals surface area contributed by atoms with Crippen molar-refractivity contribution >= 4 is 0 Å². The van der Waals surface area contributed by atoms with Crippen molar-refractivity contribution in [1.82, 2.24) is 5.32 Å². The van der Waals surface area contributed by atoms with Crippen molar-refractivity contribution in [3.63, 3.8) is 0 Å². The highest BCUT2D eigenvalue weighted by molar-refractivity contribution is 5.34. The van der Waals surface area contributed by atoms with Crippen molar-refractivity contribution in [1.29, 1.82) is 0 Å². The lowest BCUT2D eigenvalue weighted by molar-refractivity contribution is 0.0779. The fourth-order valence-corrected chi connectivity index (χ4v) is 4.66. The molecule has 0 aromatic heterocycles. The lowest BCUT2D eigenvalue weighted by atomic mass is 9.63. The van der Waals surface area contributed by atoms with E-state index in [1.54, 1.807) is 7.11 Å². The highest BCUT2D eigenvalue weighted by atomic mass is 16.5. The Morgan fingerprint density at radius 3 is 2.76 bits per heavy atom. The van der Waals surface area contributed by atoms with E-state index in [1.807, 2.05) is 0 Å². The van der Waals surface area contributed by atoms with E-state index in [0.717, 1.165) is 30.6 Å². The van der Waals surface area contributed by atoms with Crippen LogP contribution >= 0.6 is 0 Å². The van der Waals surface area contributed by atoms with Gasteiger partial charge in [-0.1, -0.05) is 50.8 Å². The molecule has 1 saturated heterocycles. The van der Waals surface area contributed by atoms with Crippen molar-refractivity contribution < 1.29 is 4.74 Å². The summed E-state index contributed by atoms with van der Waals surface area (Å²) in [6.07, 6.45) is 8.19. The van der Waals surface area contributed by atoms with E-state index in [1.165, 1.54) is 44.2 Å². The van der Waals surface area contributed by atoms with Crippen molar-refractivity contribution in [2.24, 2.45) is 17.3 Å². The van der Waals surface area contributed by atoms with Crippen molar-refractivity contribution in [2.45, 2.75) is 45.4 Å². The second kappa shape index (κ2) is 6.39. The molecule has 2 heteroatoms. The molecule has 1 aliphatic carbocycles. The zero-order valence-corrected chi connectivity index (χ0v) is 13.5. The average Bonchev–Trinajstić information content (AvgIpc) is 3.02. The molecule has 0 spiro atoms. The van der Waals surface area contributed by atoms with Gasteiger partial charge in [0.1, 0.15) is 5.75 Å². The minimum absolute atomic E-state index is 0.412. The highest BCUT2D eigenvalue weighted by Gasteiger charge is 2.41. The number of benzene rings is 1. The first-order valence-corrected chi connectivity index (χ1v) is 8.55. The van der Waals surface area contributed by atoms with E-state index in [2.05, 4.69) is 36.5 Å². The van der Waals surface area contributed by atoms with Gasteiger partial charge < -0.3 is 10.1 Å². The molecule has 2 atom stereocenters. The predicted octanol–water partition coefficient (Wildman–Crippen LogP) is 4.04. The molecule has 0 amide bonds. The molecule has 1 saturated carbocycles. The Balaban J connectivity index is 1.82. The number of ether oxygens (including phenoxy) is 1. The Morgan fingerprint density at radius 2 is 2.00 bits per heavy atom. The Labute approximate surface area is 129 Å². The Morgan fingerprint density at radius 1 is 1.24 bits per heavy atom. The molecule has 1 aliphatic heterocycles. The predicted molar refractivity (Wildman–Crippen MR) is 87.7 cm³/mol. The number of nitrogens with one attached hydrogen (secondary N) is 1. The molecule has 1 aromatic rings. The van der Waals surface area contributed by atoms with Crippen LogP contribution in [0.25, 0.3) is 0 Å². The van der Waals surface area contributed by atoms with Crippen LogP contribution in [-0.4, -0.2) is 20.2 Å². The van der Waals surface area contributed by atoms with Gasteiger partial charge in [-0.15, -0.1) is 0 Å². The molecule has 0 bridgehead atoms. The summed E-state index contributed by atoms with van der Waals surface area (Å²) >= 11 is 0. The molecule has 2 fully saturated rings. The molecule has 0 radical (unpaired) electrons. The first-order chi connectivity index (χ1) is 10.2.